The molecule has 1 N–H and O–H groups in total. The summed E-state index contributed by atoms with van der Waals surface area (Å²) in [5.41, 5.74) is 1.76. The zero-order valence-corrected chi connectivity index (χ0v) is 9.70. The molecule has 1 aromatic rings. The largest absolute Gasteiger partial charge is 0.504 e. The van der Waals surface area contributed by atoms with Crippen molar-refractivity contribution in [2.24, 2.45) is 7.05 Å². The van der Waals surface area contributed by atoms with Gasteiger partial charge in [0.25, 0.3) is 0 Å². The van der Waals surface area contributed by atoms with Crippen LogP contribution >= 0.6 is 0 Å². The predicted molar refractivity (Wildman–Crippen MR) is 57.7 cm³/mol. The van der Waals surface area contributed by atoms with Gasteiger partial charge >= 0.3 is 0 Å². The van der Waals surface area contributed by atoms with Gasteiger partial charge < -0.3 is 5.11 Å². The second-order valence-corrected chi connectivity index (χ2v) is 4.21. The van der Waals surface area contributed by atoms with Crippen molar-refractivity contribution in [3.8, 4) is 5.75 Å². The lowest BCUT2D eigenvalue weighted by Crippen LogP contribution is -2.00. The van der Waals surface area contributed by atoms with Crippen molar-refractivity contribution in [3.05, 3.63) is 11.4 Å². The summed E-state index contributed by atoms with van der Waals surface area (Å²) in [6, 6.07) is 0. The average Bonchev–Trinajstić information content (AvgIpc) is 2.40. The maximum absolute atomic E-state index is 10.00. The van der Waals surface area contributed by atoms with Crippen molar-refractivity contribution >= 4 is 0 Å². The van der Waals surface area contributed by atoms with Gasteiger partial charge in [-0.2, -0.15) is 5.10 Å². The lowest BCUT2D eigenvalue weighted by Gasteiger charge is -2.06. The summed E-state index contributed by atoms with van der Waals surface area (Å²) in [5, 5.41) is 14.4. The third-order valence-electron chi connectivity index (χ3n) is 2.72. The first-order valence-electron chi connectivity index (χ1n) is 5.24. The van der Waals surface area contributed by atoms with Crippen LogP contribution in [0.2, 0.25) is 0 Å². The van der Waals surface area contributed by atoms with E-state index in [1.165, 1.54) is 0 Å². The highest BCUT2D eigenvalue weighted by Crippen LogP contribution is 2.33. The molecule has 0 radical (unpaired) electrons. The molecule has 80 valence electrons. The molecule has 3 nitrogen and oxygen atoms in total. The summed E-state index contributed by atoms with van der Waals surface area (Å²) in [4.78, 5) is 0. The standard InChI is InChI=1S/C11H20N2O/c1-6-8(4)9-11(14)10(7(2)3)13(5)12-9/h7-8,14H,6H2,1-5H3. The van der Waals surface area contributed by atoms with Crippen LogP contribution in [0.4, 0.5) is 0 Å². The number of aryl methyl sites for hydroxylation is 1. The van der Waals surface area contributed by atoms with Crippen molar-refractivity contribution in [2.45, 2.75) is 46.0 Å². The number of aromatic nitrogens is 2. The van der Waals surface area contributed by atoms with Crippen LogP contribution in [0.5, 0.6) is 5.75 Å². The van der Waals surface area contributed by atoms with E-state index in [0.717, 1.165) is 17.8 Å². The predicted octanol–water partition coefficient (Wildman–Crippen LogP) is 2.76. The van der Waals surface area contributed by atoms with Crippen LogP contribution in [0.15, 0.2) is 0 Å². The molecule has 3 heteroatoms. The zero-order valence-electron chi connectivity index (χ0n) is 9.70. The minimum absolute atomic E-state index is 0.310. The Morgan fingerprint density at radius 3 is 2.29 bits per heavy atom. The number of nitrogens with zero attached hydrogens (tertiary/aromatic N) is 2. The van der Waals surface area contributed by atoms with Gasteiger partial charge in [-0.3, -0.25) is 4.68 Å². The quantitative estimate of drug-likeness (QED) is 0.807. The number of aromatic hydroxyl groups is 1. The fourth-order valence-corrected chi connectivity index (χ4v) is 1.72. The molecule has 0 bridgehead atoms. The van der Waals surface area contributed by atoms with Gasteiger partial charge in [0.05, 0.1) is 5.69 Å². The Morgan fingerprint density at radius 1 is 1.36 bits per heavy atom. The molecule has 0 aliphatic heterocycles. The van der Waals surface area contributed by atoms with Gasteiger partial charge in [0.15, 0.2) is 5.75 Å². The molecule has 0 aromatic carbocycles. The molecule has 1 heterocycles. The highest BCUT2D eigenvalue weighted by Gasteiger charge is 2.20. The summed E-state index contributed by atoms with van der Waals surface area (Å²) in [6.45, 7) is 8.33. The Kier molecular flexibility index (Phi) is 3.19. The fourth-order valence-electron chi connectivity index (χ4n) is 1.72. The van der Waals surface area contributed by atoms with E-state index in [9.17, 15) is 5.11 Å². The molecule has 1 atom stereocenters. The molecule has 1 unspecified atom stereocenters. The molecule has 1 rings (SSSR count). The van der Waals surface area contributed by atoms with Crippen molar-refractivity contribution < 1.29 is 5.11 Å². The van der Waals surface area contributed by atoms with E-state index in [1.807, 2.05) is 7.05 Å². The minimum atomic E-state index is 0.310. The normalized spacial score (nSPS) is 13.6. The van der Waals surface area contributed by atoms with Crippen LogP contribution in [0, 0.1) is 0 Å². The van der Waals surface area contributed by atoms with Crippen LogP contribution in [-0.4, -0.2) is 14.9 Å². The first kappa shape index (κ1) is 11.1. The Morgan fingerprint density at radius 2 is 1.93 bits per heavy atom. The van der Waals surface area contributed by atoms with Gasteiger partial charge in [-0.1, -0.05) is 27.7 Å². The molecule has 0 saturated heterocycles. The van der Waals surface area contributed by atoms with E-state index in [-0.39, 0.29) is 0 Å². The molecule has 0 amide bonds. The summed E-state index contributed by atoms with van der Waals surface area (Å²) in [5.74, 6) is 1.02. The third-order valence-corrected chi connectivity index (χ3v) is 2.72. The summed E-state index contributed by atoms with van der Waals surface area (Å²) >= 11 is 0. The maximum atomic E-state index is 10.00. The molecule has 0 aliphatic rings. The summed E-state index contributed by atoms with van der Waals surface area (Å²) in [7, 11) is 1.89. The monoisotopic (exact) mass is 196 g/mol. The molecular weight excluding hydrogens is 176 g/mol. The van der Waals surface area contributed by atoms with Crippen molar-refractivity contribution in [1.29, 1.82) is 0 Å². The van der Waals surface area contributed by atoms with Crippen molar-refractivity contribution in [2.75, 3.05) is 0 Å². The second kappa shape index (κ2) is 4.03. The van der Waals surface area contributed by atoms with Gasteiger partial charge in [0, 0.05) is 13.0 Å². The van der Waals surface area contributed by atoms with Crippen LogP contribution in [-0.2, 0) is 7.05 Å². The number of hydrogen-bond donors (Lipinski definition) is 1. The Bertz CT molecular complexity index is 315. The van der Waals surface area contributed by atoms with E-state index in [2.05, 4.69) is 32.8 Å². The summed E-state index contributed by atoms with van der Waals surface area (Å²) < 4.78 is 1.79. The van der Waals surface area contributed by atoms with Gasteiger partial charge in [-0.15, -0.1) is 0 Å². The Labute approximate surface area is 85.8 Å². The molecule has 0 spiro atoms. The molecule has 14 heavy (non-hydrogen) atoms. The molecule has 0 aliphatic carbocycles. The number of rotatable bonds is 3. The van der Waals surface area contributed by atoms with Crippen molar-refractivity contribution in [3.63, 3.8) is 0 Å². The van der Waals surface area contributed by atoms with Crippen LogP contribution in [0.25, 0.3) is 0 Å². The lowest BCUT2D eigenvalue weighted by molar-refractivity contribution is 0.450. The van der Waals surface area contributed by atoms with Gasteiger partial charge in [-0.05, 0) is 12.3 Å². The lowest BCUT2D eigenvalue weighted by atomic mass is 10.0. The van der Waals surface area contributed by atoms with E-state index in [0.29, 0.717) is 17.6 Å². The number of hydrogen-bond acceptors (Lipinski definition) is 2. The SMILES string of the molecule is CCC(C)c1nn(C)c(C(C)C)c1O. The highest BCUT2D eigenvalue weighted by molar-refractivity contribution is 5.36. The smallest absolute Gasteiger partial charge is 0.160 e. The Balaban J connectivity index is 3.16. The first-order chi connectivity index (χ1) is 6.49. The van der Waals surface area contributed by atoms with E-state index in [4.69, 9.17) is 0 Å². The van der Waals surface area contributed by atoms with Crippen molar-refractivity contribution in [1.82, 2.24) is 9.78 Å². The maximum Gasteiger partial charge on any atom is 0.160 e. The highest BCUT2D eigenvalue weighted by atomic mass is 16.3. The summed E-state index contributed by atoms with van der Waals surface area (Å²) in [6.07, 6.45) is 1.00. The molecule has 0 fully saturated rings. The molecular formula is C11H20N2O. The van der Waals surface area contributed by atoms with Gasteiger partial charge in [-0.25, -0.2) is 0 Å². The van der Waals surface area contributed by atoms with E-state index >= 15 is 0 Å². The van der Waals surface area contributed by atoms with Crippen LogP contribution in [0.3, 0.4) is 0 Å². The van der Waals surface area contributed by atoms with E-state index in [1.54, 1.807) is 4.68 Å². The average molecular weight is 196 g/mol. The zero-order chi connectivity index (χ0) is 10.9. The minimum Gasteiger partial charge on any atom is -0.504 e. The first-order valence-corrected chi connectivity index (χ1v) is 5.24. The molecule has 0 saturated carbocycles. The van der Waals surface area contributed by atoms with Gasteiger partial charge in [0.2, 0.25) is 0 Å². The third kappa shape index (κ3) is 1.76. The second-order valence-electron chi connectivity index (χ2n) is 4.21. The van der Waals surface area contributed by atoms with E-state index < -0.39 is 0 Å². The fraction of sp³-hybridized carbons (Fsp3) is 0.727. The molecule has 1 aromatic heterocycles. The van der Waals surface area contributed by atoms with Gasteiger partial charge in [0.1, 0.15) is 5.69 Å². The Hall–Kier alpha value is -0.990. The van der Waals surface area contributed by atoms with Crippen LogP contribution < -0.4 is 0 Å². The topological polar surface area (TPSA) is 38.0 Å². The van der Waals surface area contributed by atoms with Crippen LogP contribution in [0.1, 0.15) is 57.3 Å².